The van der Waals surface area contributed by atoms with E-state index in [1.165, 1.54) is 12.3 Å². The second-order valence-corrected chi connectivity index (χ2v) is 3.41. The maximum atomic E-state index is 11.5. The highest BCUT2D eigenvalue weighted by Gasteiger charge is 2.09. The summed E-state index contributed by atoms with van der Waals surface area (Å²) in [6.07, 6.45) is 4.69. The summed E-state index contributed by atoms with van der Waals surface area (Å²) >= 11 is 4.86. The number of hydrogen-bond acceptors (Lipinski definition) is 4. The van der Waals surface area contributed by atoms with Gasteiger partial charge in [0.1, 0.15) is 11.6 Å². The molecule has 0 spiro atoms. The van der Waals surface area contributed by atoms with Crippen LogP contribution in [-0.2, 0) is 0 Å². The number of rotatable bonds is 3. The molecule has 0 fully saturated rings. The van der Waals surface area contributed by atoms with E-state index >= 15 is 0 Å². The third kappa shape index (κ3) is 2.86. The Hall–Kier alpha value is -2.26. The summed E-state index contributed by atoms with van der Waals surface area (Å²) in [5, 5.41) is 8.94. The molecular formula is C11H10N4OS. The van der Waals surface area contributed by atoms with E-state index in [0.717, 1.165) is 0 Å². The molecule has 0 bridgehead atoms. The Labute approximate surface area is 103 Å². The first-order valence-corrected chi connectivity index (χ1v) is 5.06. The van der Waals surface area contributed by atoms with Gasteiger partial charge in [0.25, 0.3) is 5.56 Å². The maximum Gasteiger partial charge on any atom is 0.270 e. The van der Waals surface area contributed by atoms with Crippen LogP contribution in [0.4, 0.5) is 0 Å². The van der Waals surface area contributed by atoms with E-state index in [0.29, 0.717) is 11.3 Å². The van der Waals surface area contributed by atoms with Crippen LogP contribution in [0, 0.1) is 16.1 Å². The van der Waals surface area contributed by atoms with Crippen LogP contribution in [0.5, 0.6) is 0 Å². The monoisotopic (exact) mass is 246 g/mol. The van der Waals surface area contributed by atoms with Crippen LogP contribution >= 0.6 is 12.2 Å². The maximum absolute atomic E-state index is 11.5. The smallest absolute Gasteiger partial charge is 0.270 e. The van der Waals surface area contributed by atoms with E-state index in [1.807, 2.05) is 6.07 Å². The van der Waals surface area contributed by atoms with Gasteiger partial charge in [0.05, 0.1) is 5.69 Å². The largest absolute Gasteiger partial charge is 0.331 e. The van der Waals surface area contributed by atoms with Gasteiger partial charge in [-0.15, -0.1) is 0 Å². The predicted molar refractivity (Wildman–Crippen MR) is 69.6 cm³/mol. The summed E-state index contributed by atoms with van der Waals surface area (Å²) in [5.74, 6) is 0. The molecule has 5 nitrogen and oxygen atoms in total. The Morgan fingerprint density at radius 1 is 1.59 bits per heavy atom. The Bertz CT molecular complexity index is 643. The number of nitriles is 1. The van der Waals surface area contributed by atoms with Gasteiger partial charge in [0, 0.05) is 18.8 Å². The lowest BCUT2D eigenvalue weighted by Crippen LogP contribution is -2.15. The first-order chi connectivity index (χ1) is 8.13. The van der Waals surface area contributed by atoms with Crippen molar-refractivity contribution in [1.29, 1.82) is 5.26 Å². The van der Waals surface area contributed by atoms with E-state index in [9.17, 15) is 4.79 Å². The fourth-order valence-corrected chi connectivity index (χ4v) is 1.41. The second-order valence-electron chi connectivity index (χ2n) is 3.00. The summed E-state index contributed by atoms with van der Waals surface area (Å²) < 4.78 is 0.158. The van der Waals surface area contributed by atoms with E-state index in [4.69, 9.17) is 17.5 Å². The van der Waals surface area contributed by atoms with Crippen LogP contribution in [0.15, 0.2) is 28.5 Å². The highest BCUT2D eigenvalue weighted by molar-refractivity contribution is 7.71. The lowest BCUT2D eigenvalue weighted by molar-refractivity contribution is 1.05. The van der Waals surface area contributed by atoms with E-state index in [-0.39, 0.29) is 10.3 Å². The van der Waals surface area contributed by atoms with Crippen molar-refractivity contribution < 1.29 is 0 Å². The average Bonchev–Trinajstić information content (AvgIpc) is 2.29. The van der Waals surface area contributed by atoms with Gasteiger partial charge in [0.15, 0.2) is 4.77 Å². The number of nitrogens with one attached hydrogen (secondary N) is 2. The molecule has 0 unspecified atom stereocenters. The minimum atomic E-state index is -0.521. The van der Waals surface area contributed by atoms with E-state index in [2.05, 4.69) is 21.5 Å². The summed E-state index contributed by atoms with van der Waals surface area (Å²) in [6, 6.07) is 1.83. The molecule has 0 aliphatic heterocycles. The summed E-state index contributed by atoms with van der Waals surface area (Å²) in [5.41, 5.74) is 0.363. The van der Waals surface area contributed by atoms with Gasteiger partial charge >= 0.3 is 0 Å². The molecule has 0 atom stereocenters. The standard InChI is InChI=1S/C11H10N4OS/c1-3-7(4-5-13-2)9-8(6-12)10(16)15-11(17)14-9/h3-5H,1H2,2H3,(H2,14,15,16,17)/b7-4+,13-5-. The van der Waals surface area contributed by atoms with Crippen molar-refractivity contribution in [2.45, 2.75) is 0 Å². The molecule has 1 heterocycles. The number of H-pyrrole nitrogens is 2. The zero-order valence-electron chi connectivity index (χ0n) is 9.15. The molecule has 6 heteroatoms. The van der Waals surface area contributed by atoms with Crippen molar-refractivity contribution in [3.8, 4) is 6.07 Å². The molecule has 1 aromatic heterocycles. The highest BCUT2D eigenvalue weighted by Crippen LogP contribution is 2.13. The van der Waals surface area contributed by atoms with Crippen LogP contribution in [0.3, 0.4) is 0 Å². The number of hydrogen-bond donors (Lipinski definition) is 2. The molecule has 0 saturated carbocycles. The number of allylic oxidation sites excluding steroid dienone is 3. The first-order valence-electron chi connectivity index (χ1n) is 4.66. The molecule has 2 N–H and O–H groups in total. The molecule has 0 aromatic carbocycles. The fourth-order valence-electron chi connectivity index (χ4n) is 1.22. The Balaban J connectivity index is 3.60. The minimum Gasteiger partial charge on any atom is -0.331 e. The van der Waals surface area contributed by atoms with E-state index < -0.39 is 5.56 Å². The van der Waals surface area contributed by atoms with Crippen molar-refractivity contribution >= 4 is 24.0 Å². The van der Waals surface area contributed by atoms with Gasteiger partial charge in [-0.25, -0.2) is 0 Å². The molecule has 0 amide bonds. The molecule has 1 rings (SSSR count). The predicted octanol–water partition coefficient (Wildman–Crippen LogP) is 1.57. The normalized spacial score (nSPS) is 11.4. The van der Waals surface area contributed by atoms with Crippen LogP contribution in [0.1, 0.15) is 11.3 Å². The van der Waals surface area contributed by atoms with Crippen LogP contribution in [0.25, 0.3) is 5.57 Å². The van der Waals surface area contributed by atoms with Gasteiger partial charge in [-0.05, 0) is 18.3 Å². The molecule has 0 saturated heterocycles. The van der Waals surface area contributed by atoms with Crippen LogP contribution in [-0.4, -0.2) is 23.2 Å². The molecular weight excluding hydrogens is 236 g/mol. The van der Waals surface area contributed by atoms with Crippen molar-refractivity contribution in [2.75, 3.05) is 7.05 Å². The van der Waals surface area contributed by atoms with Gasteiger partial charge in [0.2, 0.25) is 0 Å². The lowest BCUT2D eigenvalue weighted by Gasteiger charge is -2.03. The van der Waals surface area contributed by atoms with Crippen molar-refractivity contribution in [1.82, 2.24) is 9.97 Å². The average molecular weight is 246 g/mol. The van der Waals surface area contributed by atoms with Crippen molar-refractivity contribution in [3.05, 3.63) is 45.1 Å². The third-order valence-corrected chi connectivity index (χ3v) is 2.17. The molecule has 1 aromatic rings. The van der Waals surface area contributed by atoms with E-state index in [1.54, 1.807) is 13.1 Å². The topological polar surface area (TPSA) is 84.8 Å². The lowest BCUT2D eigenvalue weighted by atomic mass is 10.1. The fraction of sp³-hybridized carbons (Fsp3) is 0.0909. The zero-order chi connectivity index (χ0) is 12.8. The summed E-state index contributed by atoms with van der Waals surface area (Å²) in [7, 11) is 1.61. The third-order valence-electron chi connectivity index (χ3n) is 1.97. The van der Waals surface area contributed by atoms with Crippen molar-refractivity contribution in [3.63, 3.8) is 0 Å². The Morgan fingerprint density at radius 3 is 2.82 bits per heavy atom. The van der Waals surface area contributed by atoms with Gasteiger partial charge < -0.3 is 4.98 Å². The Kier molecular flexibility index (Phi) is 4.31. The molecule has 86 valence electrons. The Morgan fingerprint density at radius 2 is 2.29 bits per heavy atom. The van der Waals surface area contributed by atoms with Crippen LogP contribution in [0.2, 0.25) is 0 Å². The first kappa shape index (κ1) is 12.8. The highest BCUT2D eigenvalue weighted by atomic mass is 32.1. The molecule has 17 heavy (non-hydrogen) atoms. The van der Waals surface area contributed by atoms with Crippen LogP contribution < -0.4 is 5.56 Å². The van der Waals surface area contributed by atoms with Gasteiger partial charge in [-0.2, -0.15) is 5.26 Å². The summed E-state index contributed by atoms with van der Waals surface area (Å²) in [6.45, 7) is 3.62. The molecule has 0 aliphatic carbocycles. The summed E-state index contributed by atoms with van der Waals surface area (Å²) in [4.78, 5) is 20.4. The minimum absolute atomic E-state index is 0.0331. The zero-order valence-corrected chi connectivity index (χ0v) is 9.97. The number of aromatic amines is 2. The quantitative estimate of drug-likeness (QED) is 0.482. The molecule has 0 radical (unpaired) electrons. The van der Waals surface area contributed by atoms with Gasteiger partial charge in [-0.3, -0.25) is 14.8 Å². The SMILES string of the molecule is C=C/C(=C\C=N/C)c1[nH]c(=S)[nH]c(=O)c1C#N. The number of nitrogens with zero attached hydrogens (tertiary/aromatic N) is 2. The van der Waals surface area contributed by atoms with Gasteiger partial charge in [-0.1, -0.05) is 12.7 Å². The second kappa shape index (κ2) is 5.72. The number of aliphatic imine (C=N–C) groups is 1. The molecule has 0 aliphatic rings. The number of aromatic nitrogens is 2. The van der Waals surface area contributed by atoms with Crippen molar-refractivity contribution in [2.24, 2.45) is 4.99 Å².